The van der Waals surface area contributed by atoms with E-state index in [1.807, 2.05) is 0 Å². The van der Waals surface area contributed by atoms with Crippen molar-refractivity contribution in [2.45, 2.75) is 45.8 Å². The zero-order chi connectivity index (χ0) is 14.6. The standard InChI is InChI=1S/C15H29N3O2/c1-5-16-14(17-8-10-19-4)18-12-11-7-6-9-20-13(11)15(12,2)3/h11-13H,5-10H2,1-4H3,(H2,16,17,18). The number of aliphatic imine (C=N–C) groups is 1. The van der Waals surface area contributed by atoms with Gasteiger partial charge in [-0.1, -0.05) is 13.8 Å². The molecule has 3 atom stereocenters. The van der Waals surface area contributed by atoms with Gasteiger partial charge in [0.15, 0.2) is 5.96 Å². The van der Waals surface area contributed by atoms with Gasteiger partial charge in [-0.2, -0.15) is 0 Å². The van der Waals surface area contributed by atoms with Crippen LogP contribution in [0.3, 0.4) is 0 Å². The summed E-state index contributed by atoms with van der Waals surface area (Å²) < 4.78 is 11.0. The molecule has 3 unspecified atom stereocenters. The predicted octanol–water partition coefficient (Wildman–Crippen LogP) is 1.39. The number of nitrogens with zero attached hydrogens (tertiary/aromatic N) is 1. The molecule has 1 heterocycles. The van der Waals surface area contributed by atoms with E-state index in [9.17, 15) is 0 Å². The van der Waals surface area contributed by atoms with Crippen molar-refractivity contribution in [3.63, 3.8) is 0 Å². The average Bonchev–Trinajstić information content (AvgIpc) is 2.45. The van der Waals surface area contributed by atoms with E-state index in [2.05, 4.69) is 36.4 Å². The van der Waals surface area contributed by atoms with Gasteiger partial charge >= 0.3 is 0 Å². The van der Waals surface area contributed by atoms with Crippen LogP contribution in [0.1, 0.15) is 33.6 Å². The van der Waals surface area contributed by atoms with Crippen molar-refractivity contribution in [2.75, 3.05) is 33.4 Å². The molecule has 2 N–H and O–H groups in total. The third kappa shape index (κ3) is 3.09. The number of fused-ring (bicyclic) bond motifs is 1. The van der Waals surface area contributed by atoms with Gasteiger partial charge in [-0.25, -0.2) is 0 Å². The molecule has 20 heavy (non-hydrogen) atoms. The Bertz CT molecular complexity index is 344. The third-order valence-corrected chi connectivity index (χ3v) is 4.53. The molecular formula is C15H29N3O2. The molecule has 1 saturated heterocycles. The first-order valence-corrected chi connectivity index (χ1v) is 7.76. The van der Waals surface area contributed by atoms with Crippen LogP contribution in [0.15, 0.2) is 4.99 Å². The lowest BCUT2D eigenvalue weighted by Gasteiger charge is -2.60. The molecule has 1 aliphatic carbocycles. The first-order valence-electron chi connectivity index (χ1n) is 7.76. The van der Waals surface area contributed by atoms with Crippen LogP contribution in [0.25, 0.3) is 0 Å². The number of nitrogens with one attached hydrogen (secondary N) is 2. The van der Waals surface area contributed by atoms with Crippen molar-refractivity contribution in [3.05, 3.63) is 0 Å². The molecule has 1 saturated carbocycles. The van der Waals surface area contributed by atoms with Crippen molar-refractivity contribution in [1.29, 1.82) is 0 Å². The highest BCUT2D eigenvalue weighted by Gasteiger charge is 2.58. The summed E-state index contributed by atoms with van der Waals surface area (Å²) in [5, 5.41) is 6.92. The third-order valence-electron chi connectivity index (χ3n) is 4.53. The monoisotopic (exact) mass is 283 g/mol. The van der Waals surface area contributed by atoms with E-state index in [0.717, 1.165) is 19.1 Å². The highest BCUT2D eigenvalue weighted by atomic mass is 16.5. The maximum atomic E-state index is 5.94. The van der Waals surface area contributed by atoms with E-state index in [1.165, 1.54) is 12.8 Å². The van der Waals surface area contributed by atoms with Crippen molar-refractivity contribution >= 4 is 5.96 Å². The fraction of sp³-hybridized carbons (Fsp3) is 0.933. The van der Waals surface area contributed by atoms with Gasteiger partial charge in [0, 0.05) is 37.6 Å². The highest BCUT2D eigenvalue weighted by molar-refractivity contribution is 5.80. The molecule has 2 fully saturated rings. The zero-order valence-corrected chi connectivity index (χ0v) is 13.2. The second-order valence-electron chi connectivity index (χ2n) is 6.29. The number of methoxy groups -OCH3 is 1. The van der Waals surface area contributed by atoms with Gasteiger partial charge < -0.3 is 20.1 Å². The summed E-state index contributed by atoms with van der Waals surface area (Å²) in [5.74, 6) is 1.51. The van der Waals surface area contributed by atoms with Gasteiger partial charge in [-0.3, -0.25) is 4.99 Å². The van der Waals surface area contributed by atoms with Crippen molar-refractivity contribution in [2.24, 2.45) is 16.3 Å². The minimum atomic E-state index is 0.169. The Morgan fingerprint density at radius 1 is 1.45 bits per heavy atom. The van der Waals surface area contributed by atoms with E-state index in [1.54, 1.807) is 7.11 Å². The van der Waals surface area contributed by atoms with Gasteiger partial charge in [0.05, 0.1) is 19.3 Å². The molecule has 116 valence electrons. The molecule has 0 radical (unpaired) electrons. The van der Waals surface area contributed by atoms with Gasteiger partial charge in [-0.15, -0.1) is 0 Å². The van der Waals surface area contributed by atoms with Crippen molar-refractivity contribution < 1.29 is 9.47 Å². The summed E-state index contributed by atoms with van der Waals surface area (Å²) in [7, 11) is 1.70. The van der Waals surface area contributed by atoms with Crippen LogP contribution in [-0.4, -0.2) is 51.5 Å². The molecular weight excluding hydrogens is 254 g/mol. The Hall–Kier alpha value is -0.810. The zero-order valence-electron chi connectivity index (χ0n) is 13.2. The smallest absolute Gasteiger partial charge is 0.191 e. The second kappa shape index (κ2) is 6.76. The van der Waals surface area contributed by atoms with E-state index in [0.29, 0.717) is 31.2 Å². The van der Waals surface area contributed by atoms with E-state index in [4.69, 9.17) is 9.47 Å². The number of hydrogen-bond acceptors (Lipinski definition) is 3. The molecule has 0 spiro atoms. The van der Waals surface area contributed by atoms with Gasteiger partial charge in [-0.05, 0) is 19.8 Å². The summed E-state index contributed by atoms with van der Waals surface area (Å²) in [4.78, 5) is 4.56. The second-order valence-corrected chi connectivity index (χ2v) is 6.29. The first-order chi connectivity index (χ1) is 9.61. The van der Waals surface area contributed by atoms with Crippen LogP contribution in [0.2, 0.25) is 0 Å². The largest absolute Gasteiger partial charge is 0.383 e. The van der Waals surface area contributed by atoms with Crippen LogP contribution in [0.4, 0.5) is 0 Å². The van der Waals surface area contributed by atoms with E-state index >= 15 is 0 Å². The number of rotatable bonds is 5. The molecule has 5 nitrogen and oxygen atoms in total. The Labute approximate surface area is 122 Å². The maximum absolute atomic E-state index is 5.94. The fourth-order valence-corrected chi connectivity index (χ4v) is 3.53. The highest BCUT2D eigenvalue weighted by Crippen LogP contribution is 2.51. The van der Waals surface area contributed by atoms with Gasteiger partial charge in [0.25, 0.3) is 0 Å². The SMILES string of the molecule is CCNC(=NCCOC)NC1C2CCCOC2C1(C)C. The quantitative estimate of drug-likeness (QED) is 0.455. The predicted molar refractivity (Wildman–Crippen MR) is 81.0 cm³/mol. The van der Waals surface area contributed by atoms with Crippen LogP contribution in [0, 0.1) is 11.3 Å². The molecule has 0 aromatic rings. The molecule has 2 rings (SSSR count). The summed E-state index contributed by atoms with van der Waals surface area (Å²) in [6, 6.07) is 0.438. The van der Waals surface area contributed by atoms with Gasteiger partial charge in [0.1, 0.15) is 0 Å². The van der Waals surface area contributed by atoms with E-state index < -0.39 is 0 Å². The van der Waals surface area contributed by atoms with Gasteiger partial charge in [0.2, 0.25) is 0 Å². The number of guanidine groups is 1. The van der Waals surface area contributed by atoms with Crippen molar-refractivity contribution in [1.82, 2.24) is 10.6 Å². The van der Waals surface area contributed by atoms with Crippen LogP contribution in [0.5, 0.6) is 0 Å². The molecule has 0 aromatic carbocycles. The normalized spacial score (nSPS) is 32.2. The minimum absolute atomic E-state index is 0.169. The summed E-state index contributed by atoms with van der Waals surface area (Å²) in [6.45, 7) is 9.79. The lowest BCUT2D eigenvalue weighted by atomic mass is 9.55. The van der Waals surface area contributed by atoms with Crippen molar-refractivity contribution in [3.8, 4) is 0 Å². The Morgan fingerprint density at radius 3 is 2.95 bits per heavy atom. The van der Waals surface area contributed by atoms with E-state index in [-0.39, 0.29) is 5.41 Å². The summed E-state index contributed by atoms with van der Waals surface area (Å²) >= 11 is 0. The fourth-order valence-electron chi connectivity index (χ4n) is 3.53. The van der Waals surface area contributed by atoms with Crippen LogP contribution >= 0.6 is 0 Å². The van der Waals surface area contributed by atoms with Crippen LogP contribution in [-0.2, 0) is 9.47 Å². The molecule has 0 bridgehead atoms. The summed E-state index contributed by atoms with van der Waals surface area (Å²) in [6.07, 6.45) is 2.83. The molecule has 0 aromatic heterocycles. The first kappa shape index (κ1) is 15.6. The Morgan fingerprint density at radius 2 is 2.25 bits per heavy atom. The molecule has 2 aliphatic rings. The number of ether oxygens (including phenoxy) is 2. The number of hydrogen-bond donors (Lipinski definition) is 2. The lowest BCUT2D eigenvalue weighted by molar-refractivity contribution is -0.188. The lowest BCUT2D eigenvalue weighted by Crippen LogP contribution is -2.71. The van der Waals surface area contributed by atoms with Crippen LogP contribution < -0.4 is 10.6 Å². The minimum Gasteiger partial charge on any atom is -0.383 e. The topological polar surface area (TPSA) is 54.9 Å². The Balaban J connectivity index is 1.96. The summed E-state index contributed by atoms with van der Waals surface area (Å²) in [5.41, 5.74) is 0.169. The molecule has 0 amide bonds. The Kier molecular flexibility index (Phi) is 5.27. The maximum Gasteiger partial charge on any atom is 0.191 e. The average molecular weight is 283 g/mol. The molecule has 1 aliphatic heterocycles. The molecule has 5 heteroatoms.